The Labute approximate surface area is 107 Å². The van der Waals surface area contributed by atoms with E-state index in [2.05, 4.69) is 56.0 Å². The first kappa shape index (κ1) is 14.1. The van der Waals surface area contributed by atoms with E-state index in [1.54, 1.807) is 0 Å². The molecule has 0 aliphatic rings. The zero-order valence-corrected chi connectivity index (χ0v) is 11.7. The molecule has 0 amide bonds. The van der Waals surface area contributed by atoms with Crippen molar-refractivity contribution in [2.75, 3.05) is 11.4 Å². The van der Waals surface area contributed by atoms with Crippen LogP contribution in [0.4, 0.5) is 5.69 Å². The SMILES string of the molecule is CCCCCCC(C)N(CC)c1ccccc1. The molecule has 0 N–H and O–H groups in total. The fourth-order valence-corrected chi connectivity index (χ4v) is 2.39. The molecular formula is C16H27N. The van der Waals surface area contributed by atoms with E-state index in [0.717, 1.165) is 6.54 Å². The summed E-state index contributed by atoms with van der Waals surface area (Å²) < 4.78 is 0. The van der Waals surface area contributed by atoms with Gasteiger partial charge in [-0.15, -0.1) is 0 Å². The molecule has 1 unspecified atom stereocenters. The maximum absolute atomic E-state index is 2.51. The van der Waals surface area contributed by atoms with E-state index in [0.29, 0.717) is 6.04 Å². The van der Waals surface area contributed by atoms with Crippen LogP contribution in [0, 0.1) is 0 Å². The normalized spacial score (nSPS) is 12.4. The predicted octanol–water partition coefficient (Wildman–Crippen LogP) is 4.87. The number of nitrogens with zero attached hydrogens (tertiary/aromatic N) is 1. The van der Waals surface area contributed by atoms with E-state index < -0.39 is 0 Å². The highest BCUT2D eigenvalue weighted by Gasteiger charge is 2.11. The van der Waals surface area contributed by atoms with E-state index >= 15 is 0 Å². The van der Waals surface area contributed by atoms with Crippen LogP contribution < -0.4 is 4.90 Å². The number of unbranched alkanes of at least 4 members (excludes halogenated alkanes) is 3. The molecule has 0 aliphatic heterocycles. The molecule has 0 saturated heterocycles. The van der Waals surface area contributed by atoms with Gasteiger partial charge in [-0.1, -0.05) is 50.8 Å². The second-order valence-electron chi connectivity index (χ2n) is 4.82. The second-order valence-corrected chi connectivity index (χ2v) is 4.82. The maximum Gasteiger partial charge on any atom is 0.0368 e. The van der Waals surface area contributed by atoms with Gasteiger partial charge in [-0.3, -0.25) is 0 Å². The molecule has 0 bridgehead atoms. The smallest absolute Gasteiger partial charge is 0.0368 e. The van der Waals surface area contributed by atoms with Crippen LogP contribution >= 0.6 is 0 Å². The van der Waals surface area contributed by atoms with Crippen molar-refractivity contribution in [3.63, 3.8) is 0 Å². The summed E-state index contributed by atoms with van der Waals surface area (Å²) in [6.07, 6.45) is 6.75. The maximum atomic E-state index is 2.51. The molecule has 0 heterocycles. The van der Waals surface area contributed by atoms with Crippen LogP contribution in [-0.2, 0) is 0 Å². The lowest BCUT2D eigenvalue weighted by atomic mass is 10.1. The summed E-state index contributed by atoms with van der Waals surface area (Å²) in [5, 5.41) is 0. The van der Waals surface area contributed by atoms with E-state index in [-0.39, 0.29) is 0 Å². The Morgan fingerprint density at radius 1 is 1.00 bits per heavy atom. The van der Waals surface area contributed by atoms with Crippen molar-refractivity contribution >= 4 is 5.69 Å². The van der Waals surface area contributed by atoms with Gasteiger partial charge in [-0.2, -0.15) is 0 Å². The molecule has 0 radical (unpaired) electrons. The number of hydrogen-bond donors (Lipinski definition) is 0. The van der Waals surface area contributed by atoms with Gasteiger partial charge in [-0.05, 0) is 32.4 Å². The quantitative estimate of drug-likeness (QED) is 0.579. The minimum Gasteiger partial charge on any atom is -0.369 e. The molecule has 0 aliphatic carbocycles. The largest absolute Gasteiger partial charge is 0.369 e. The summed E-state index contributed by atoms with van der Waals surface area (Å²) >= 11 is 0. The highest BCUT2D eigenvalue weighted by molar-refractivity contribution is 5.46. The van der Waals surface area contributed by atoms with Crippen molar-refractivity contribution < 1.29 is 0 Å². The molecule has 0 fully saturated rings. The van der Waals surface area contributed by atoms with Gasteiger partial charge in [0.05, 0.1) is 0 Å². The van der Waals surface area contributed by atoms with Crippen molar-refractivity contribution in [1.29, 1.82) is 0 Å². The topological polar surface area (TPSA) is 3.24 Å². The van der Waals surface area contributed by atoms with Crippen molar-refractivity contribution in [1.82, 2.24) is 0 Å². The van der Waals surface area contributed by atoms with Gasteiger partial charge in [0, 0.05) is 18.3 Å². The minimum absolute atomic E-state index is 0.652. The third kappa shape index (κ3) is 4.80. The minimum atomic E-state index is 0.652. The van der Waals surface area contributed by atoms with Gasteiger partial charge in [0.15, 0.2) is 0 Å². The summed E-state index contributed by atoms with van der Waals surface area (Å²) in [6, 6.07) is 11.4. The summed E-state index contributed by atoms with van der Waals surface area (Å²) in [5.41, 5.74) is 1.36. The van der Waals surface area contributed by atoms with Crippen molar-refractivity contribution in [3.8, 4) is 0 Å². The molecule has 1 rings (SSSR count). The Kier molecular flexibility index (Phi) is 6.76. The molecule has 1 atom stereocenters. The number of rotatable bonds is 8. The third-order valence-corrected chi connectivity index (χ3v) is 3.44. The zero-order valence-electron chi connectivity index (χ0n) is 11.7. The number of hydrogen-bond acceptors (Lipinski definition) is 1. The van der Waals surface area contributed by atoms with Crippen molar-refractivity contribution in [2.45, 2.75) is 58.9 Å². The fourth-order valence-electron chi connectivity index (χ4n) is 2.39. The summed E-state index contributed by atoms with van der Waals surface area (Å²) in [6.45, 7) is 7.96. The molecular weight excluding hydrogens is 206 g/mol. The molecule has 96 valence electrons. The lowest BCUT2D eigenvalue weighted by Crippen LogP contribution is -2.32. The second kappa shape index (κ2) is 8.16. The summed E-state index contributed by atoms with van der Waals surface area (Å²) in [5.74, 6) is 0. The van der Waals surface area contributed by atoms with Crippen LogP contribution in [0.3, 0.4) is 0 Å². The van der Waals surface area contributed by atoms with Crippen LogP contribution in [0.15, 0.2) is 30.3 Å². The van der Waals surface area contributed by atoms with E-state index in [1.807, 2.05) is 0 Å². The molecule has 17 heavy (non-hydrogen) atoms. The van der Waals surface area contributed by atoms with Gasteiger partial charge < -0.3 is 4.90 Å². The Balaban J connectivity index is 2.44. The van der Waals surface area contributed by atoms with Gasteiger partial charge in [0.1, 0.15) is 0 Å². The highest BCUT2D eigenvalue weighted by atomic mass is 15.1. The van der Waals surface area contributed by atoms with E-state index in [1.165, 1.54) is 37.8 Å². The lowest BCUT2D eigenvalue weighted by Gasteiger charge is -2.30. The fraction of sp³-hybridized carbons (Fsp3) is 0.625. The van der Waals surface area contributed by atoms with Crippen LogP contribution in [0.5, 0.6) is 0 Å². The molecule has 1 aromatic rings. The average Bonchev–Trinajstić information content (AvgIpc) is 2.37. The molecule has 0 aromatic heterocycles. The van der Waals surface area contributed by atoms with Gasteiger partial charge in [-0.25, -0.2) is 0 Å². The predicted molar refractivity (Wildman–Crippen MR) is 77.7 cm³/mol. The highest BCUT2D eigenvalue weighted by Crippen LogP contribution is 2.19. The van der Waals surface area contributed by atoms with Gasteiger partial charge in [0.2, 0.25) is 0 Å². The molecule has 1 nitrogen and oxygen atoms in total. The monoisotopic (exact) mass is 233 g/mol. The van der Waals surface area contributed by atoms with E-state index in [9.17, 15) is 0 Å². The van der Waals surface area contributed by atoms with Crippen LogP contribution in [0.2, 0.25) is 0 Å². The van der Waals surface area contributed by atoms with E-state index in [4.69, 9.17) is 0 Å². The van der Waals surface area contributed by atoms with Crippen LogP contribution in [0.25, 0.3) is 0 Å². The molecule has 0 spiro atoms. The van der Waals surface area contributed by atoms with Crippen molar-refractivity contribution in [3.05, 3.63) is 30.3 Å². The third-order valence-electron chi connectivity index (χ3n) is 3.44. The Morgan fingerprint density at radius 3 is 2.29 bits per heavy atom. The average molecular weight is 233 g/mol. The van der Waals surface area contributed by atoms with Crippen LogP contribution in [0.1, 0.15) is 52.9 Å². The van der Waals surface area contributed by atoms with Gasteiger partial charge >= 0.3 is 0 Å². The Bertz CT molecular complexity index is 281. The zero-order chi connectivity index (χ0) is 12.5. The first-order chi connectivity index (χ1) is 8.29. The Hall–Kier alpha value is -0.980. The first-order valence-electron chi connectivity index (χ1n) is 7.11. The summed E-state index contributed by atoms with van der Waals surface area (Å²) in [7, 11) is 0. The Morgan fingerprint density at radius 2 is 1.71 bits per heavy atom. The standard InChI is InChI=1S/C16H27N/c1-4-6-7-9-12-15(3)17(5-2)16-13-10-8-11-14-16/h8,10-11,13-15H,4-7,9,12H2,1-3H3. The lowest BCUT2D eigenvalue weighted by molar-refractivity contribution is 0.543. The molecule has 1 heteroatoms. The number of anilines is 1. The molecule has 0 saturated carbocycles. The molecule has 1 aromatic carbocycles. The van der Waals surface area contributed by atoms with Crippen molar-refractivity contribution in [2.24, 2.45) is 0 Å². The number of benzene rings is 1. The number of para-hydroxylation sites is 1. The first-order valence-corrected chi connectivity index (χ1v) is 7.11. The van der Waals surface area contributed by atoms with Crippen LogP contribution in [-0.4, -0.2) is 12.6 Å². The summed E-state index contributed by atoms with van der Waals surface area (Å²) in [4.78, 5) is 2.51. The van der Waals surface area contributed by atoms with Gasteiger partial charge in [0.25, 0.3) is 0 Å².